The van der Waals surface area contributed by atoms with Crippen molar-refractivity contribution in [3.05, 3.63) is 101 Å². The number of nitrogens with zero attached hydrogens (tertiary/aromatic N) is 1. The highest BCUT2D eigenvalue weighted by atomic mass is 35.5. The van der Waals surface area contributed by atoms with E-state index in [0.29, 0.717) is 6.54 Å². The zero-order valence-corrected chi connectivity index (χ0v) is 14.6. The van der Waals surface area contributed by atoms with Crippen molar-refractivity contribution in [2.24, 2.45) is 0 Å². The molecule has 0 aliphatic rings. The average Bonchev–Trinajstić information content (AvgIpc) is 2.63. The highest BCUT2D eigenvalue weighted by Gasteiger charge is 2.09. The number of benzene rings is 2. The standard InChI is InChI=1S/C21H16FNO2.ClH/c22-19-11-6-16(7-12-19)8-13-20-3-1-2-14-23(20)15-17-4-9-18(10-5-17)21(24)25;/h1-14H,15H2;1H/b13-8+;. The van der Waals surface area contributed by atoms with Gasteiger partial charge in [-0.3, -0.25) is 0 Å². The molecule has 0 fully saturated rings. The molecule has 1 aromatic heterocycles. The number of carbonyl (C=O) groups is 1. The van der Waals surface area contributed by atoms with Crippen LogP contribution in [0.4, 0.5) is 4.39 Å². The van der Waals surface area contributed by atoms with E-state index < -0.39 is 5.97 Å². The van der Waals surface area contributed by atoms with E-state index in [1.165, 1.54) is 12.1 Å². The summed E-state index contributed by atoms with van der Waals surface area (Å²) in [6, 6.07) is 19.1. The number of carboxylic acids is 1. The minimum Gasteiger partial charge on any atom is -1.00 e. The van der Waals surface area contributed by atoms with Crippen LogP contribution in [0, 0.1) is 5.82 Å². The fourth-order valence-electron chi connectivity index (χ4n) is 2.49. The largest absolute Gasteiger partial charge is 1.00 e. The summed E-state index contributed by atoms with van der Waals surface area (Å²) in [6.07, 6.45) is 5.87. The van der Waals surface area contributed by atoms with E-state index in [9.17, 15) is 9.18 Å². The molecule has 132 valence electrons. The van der Waals surface area contributed by atoms with Gasteiger partial charge in [0.05, 0.1) is 5.56 Å². The Labute approximate surface area is 157 Å². The van der Waals surface area contributed by atoms with Gasteiger partial charge in [0.1, 0.15) is 5.82 Å². The van der Waals surface area contributed by atoms with E-state index in [1.807, 2.05) is 48.7 Å². The van der Waals surface area contributed by atoms with E-state index in [0.717, 1.165) is 16.8 Å². The van der Waals surface area contributed by atoms with Crippen molar-refractivity contribution in [2.45, 2.75) is 6.54 Å². The third kappa shape index (κ3) is 5.01. The molecule has 3 rings (SSSR count). The maximum Gasteiger partial charge on any atom is 0.335 e. The van der Waals surface area contributed by atoms with Crippen molar-refractivity contribution in [2.75, 3.05) is 0 Å². The van der Waals surface area contributed by atoms with Crippen LogP contribution in [0.25, 0.3) is 12.2 Å². The Morgan fingerprint density at radius 1 is 0.962 bits per heavy atom. The Hall–Kier alpha value is -2.98. The van der Waals surface area contributed by atoms with Gasteiger partial charge in [-0.15, -0.1) is 0 Å². The SMILES string of the molecule is O=C(O)c1ccc(C[n+]2ccccc2/C=C/c2ccc(F)cc2)cc1.[Cl-]. The minimum atomic E-state index is -0.929. The maximum absolute atomic E-state index is 13.0. The van der Waals surface area contributed by atoms with Crippen LogP contribution in [-0.4, -0.2) is 11.1 Å². The molecule has 0 spiro atoms. The third-order valence-electron chi connectivity index (χ3n) is 3.85. The molecule has 0 aliphatic carbocycles. The Morgan fingerprint density at radius 3 is 2.31 bits per heavy atom. The number of hydrogen-bond donors (Lipinski definition) is 1. The number of pyridine rings is 1. The van der Waals surface area contributed by atoms with E-state index in [-0.39, 0.29) is 23.8 Å². The van der Waals surface area contributed by atoms with Crippen LogP contribution >= 0.6 is 0 Å². The number of carboxylic acid groups (broad SMARTS) is 1. The smallest absolute Gasteiger partial charge is 0.335 e. The van der Waals surface area contributed by atoms with E-state index in [1.54, 1.807) is 24.3 Å². The van der Waals surface area contributed by atoms with Gasteiger partial charge >= 0.3 is 5.97 Å². The lowest BCUT2D eigenvalue weighted by atomic mass is 10.1. The highest BCUT2D eigenvalue weighted by Crippen LogP contribution is 2.09. The maximum atomic E-state index is 13.0. The predicted molar refractivity (Wildman–Crippen MR) is 94.5 cm³/mol. The van der Waals surface area contributed by atoms with Crippen LogP contribution in [0.15, 0.2) is 72.9 Å². The molecular weight excluding hydrogens is 353 g/mol. The lowest BCUT2D eigenvalue weighted by Gasteiger charge is -2.02. The fraction of sp³-hybridized carbons (Fsp3) is 0.0476. The van der Waals surface area contributed by atoms with Crippen LogP contribution < -0.4 is 17.0 Å². The van der Waals surface area contributed by atoms with Gasteiger partial charge in [0, 0.05) is 23.8 Å². The van der Waals surface area contributed by atoms with Gasteiger partial charge in [0.2, 0.25) is 5.69 Å². The Bertz CT molecular complexity index is 906. The second-order valence-corrected chi connectivity index (χ2v) is 5.64. The molecule has 3 nitrogen and oxygen atoms in total. The molecule has 0 aliphatic heterocycles. The monoisotopic (exact) mass is 369 g/mol. The molecule has 5 heteroatoms. The molecule has 0 radical (unpaired) electrons. The summed E-state index contributed by atoms with van der Waals surface area (Å²) in [4.78, 5) is 10.9. The normalized spacial score (nSPS) is 10.5. The number of aromatic nitrogens is 1. The molecule has 0 atom stereocenters. The molecule has 0 unspecified atom stereocenters. The van der Waals surface area contributed by atoms with Gasteiger partial charge < -0.3 is 17.5 Å². The van der Waals surface area contributed by atoms with Gasteiger partial charge in [-0.1, -0.05) is 24.3 Å². The number of aromatic carboxylic acids is 1. The van der Waals surface area contributed by atoms with Crippen molar-refractivity contribution in [3.63, 3.8) is 0 Å². The van der Waals surface area contributed by atoms with Crippen LogP contribution in [-0.2, 0) is 6.54 Å². The van der Waals surface area contributed by atoms with Crippen molar-refractivity contribution in [1.29, 1.82) is 0 Å². The second kappa shape index (κ2) is 8.92. The minimum absolute atomic E-state index is 0. The van der Waals surface area contributed by atoms with E-state index in [4.69, 9.17) is 5.11 Å². The zero-order chi connectivity index (χ0) is 17.6. The summed E-state index contributed by atoms with van der Waals surface area (Å²) >= 11 is 0. The summed E-state index contributed by atoms with van der Waals surface area (Å²) in [5, 5.41) is 8.97. The molecule has 1 heterocycles. The fourth-order valence-corrected chi connectivity index (χ4v) is 2.49. The Balaban J connectivity index is 0.00000243. The lowest BCUT2D eigenvalue weighted by Crippen LogP contribution is -3.00. The van der Waals surface area contributed by atoms with Gasteiger partial charge in [-0.25, -0.2) is 9.18 Å². The highest BCUT2D eigenvalue weighted by molar-refractivity contribution is 5.87. The van der Waals surface area contributed by atoms with Gasteiger partial charge in [0.25, 0.3) is 0 Å². The summed E-state index contributed by atoms with van der Waals surface area (Å²) in [7, 11) is 0. The second-order valence-electron chi connectivity index (χ2n) is 5.64. The lowest BCUT2D eigenvalue weighted by molar-refractivity contribution is -0.690. The van der Waals surface area contributed by atoms with E-state index in [2.05, 4.69) is 4.57 Å². The number of hydrogen-bond acceptors (Lipinski definition) is 1. The Kier molecular flexibility index (Phi) is 6.64. The first-order valence-electron chi connectivity index (χ1n) is 7.86. The molecular formula is C21H17ClFNO2. The van der Waals surface area contributed by atoms with Gasteiger partial charge in [0.15, 0.2) is 12.7 Å². The Morgan fingerprint density at radius 2 is 1.65 bits per heavy atom. The van der Waals surface area contributed by atoms with Crippen molar-refractivity contribution < 1.29 is 31.3 Å². The molecule has 0 bridgehead atoms. The first kappa shape index (κ1) is 19.3. The van der Waals surface area contributed by atoms with Crippen molar-refractivity contribution in [3.8, 4) is 0 Å². The van der Waals surface area contributed by atoms with Crippen LogP contribution in [0.3, 0.4) is 0 Å². The van der Waals surface area contributed by atoms with Crippen molar-refractivity contribution >= 4 is 18.1 Å². The molecule has 0 saturated carbocycles. The molecule has 3 aromatic rings. The third-order valence-corrected chi connectivity index (χ3v) is 3.85. The molecule has 1 N–H and O–H groups in total. The molecule has 26 heavy (non-hydrogen) atoms. The van der Waals surface area contributed by atoms with Gasteiger partial charge in [-0.05, 0) is 42.0 Å². The van der Waals surface area contributed by atoms with Crippen LogP contribution in [0.5, 0.6) is 0 Å². The predicted octanol–water partition coefficient (Wildman–Crippen LogP) is 1.03. The summed E-state index contributed by atoms with van der Waals surface area (Å²) in [6.45, 7) is 0.629. The number of rotatable bonds is 5. The molecule has 2 aromatic carbocycles. The van der Waals surface area contributed by atoms with E-state index >= 15 is 0 Å². The quantitative estimate of drug-likeness (QED) is 0.683. The summed E-state index contributed by atoms with van der Waals surface area (Å²) in [5.74, 6) is -1.18. The first-order valence-corrected chi connectivity index (χ1v) is 7.86. The molecule has 0 saturated heterocycles. The summed E-state index contributed by atoms with van der Waals surface area (Å²) in [5.41, 5.74) is 3.20. The van der Waals surface area contributed by atoms with Crippen molar-refractivity contribution in [1.82, 2.24) is 0 Å². The summed E-state index contributed by atoms with van der Waals surface area (Å²) < 4.78 is 15.0. The van der Waals surface area contributed by atoms with Crippen LogP contribution in [0.2, 0.25) is 0 Å². The average molecular weight is 370 g/mol. The number of halogens is 2. The topological polar surface area (TPSA) is 41.2 Å². The zero-order valence-electron chi connectivity index (χ0n) is 13.8. The first-order chi connectivity index (χ1) is 12.1. The van der Waals surface area contributed by atoms with Gasteiger partial charge in [-0.2, -0.15) is 4.57 Å². The van der Waals surface area contributed by atoms with Crippen LogP contribution in [0.1, 0.15) is 27.2 Å². The molecule has 0 amide bonds.